The summed E-state index contributed by atoms with van der Waals surface area (Å²) in [6, 6.07) is 14.3. The fourth-order valence-corrected chi connectivity index (χ4v) is 4.89. The Kier molecular flexibility index (Phi) is 13.2. The Labute approximate surface area is 235 Å². The van der Waals surface area contributed by atoms with Crippen molar-refractivity contribution in [3.05, 3.63) is 54.6 Å². The summed E-state index contributed by atoms with van der Waals surface area (Å²) in [6.07, 6.45) is -4.55. The number of nitrogens with zero attached hydrogens (tertiary/aromatic N) is 1. The molecule has 11 nitrogen and oxygen atoms in total. The van der Waals surface area contributed by atoms with Gasteiger partial charge in [0.2, 0.25) is 15.9 Å². The van der Waals surface area contributed by atoms with Crippen LogP contribution in [0.4, 0.5) is 13.2 Å². The summed E-state index contributed by atoms with van der Waals surface area (Å²) in [6.45, 7) is 4.52. The molecule has 15 heteroatoms. The molecule has 3 rings (SSSR count). The molecule has 41 heavy (non-hydrogen) atoms. The molecule has 1 heterocycles. The highest BCUT2D eigenvalue weighted by atomic mass is 32.2. The molecule has 0 spiro atoms. The lowest BCUT2D eigenvalue weighted by Gasteiger charge is -2.26. The third-order valence-electron chi connectivity index (χ3n) is 5.85. The fraction of sp³-hybridized carbons (Fsp3) is 0.423. The minimum absolute atomic E-state index is 0.0361. The number of rotatable bonds is 12. The molecule has 0 saturated carbocycles. The van der Waals surface area contributed by atoms with Crippen LogP contribution in [-0.4, -0.2) is 93.0 Å². The molecular weight excluding hydrogens is 571 g/mol. The smallest absolute Gasteiger partial charge is 0.480 e. The lowest BCUT2D eigenvalue weighted by molar-refractivity contribution is -0.192. The van der Waals surface area contributed by atoms with Gasteiger partial charge in [0.25, 0.3) is 0 Å². The van der Waals surface area contributed by atoms with Crippen LogP contribution in [0, 0.1) is 0 Å². The molecule has 1 fully saturated rings. The molecule has 1 aliphatic rings. The molecule has 2 aromatic rings. The van der Waals surface area contributed by atoms with E-state index in [4.69, 9.17) is 14.6 Å². The second-order valence-corrected chi connectivity index (χ2v) is 10.6. The summed E-state index contributed by atoms with van der Waals surface area (Å²) in [5.74, 6) is -4.39. The summed E-state index contributed by atoms with van der Waals surface area (Å²) in [5.41, 5.74) is 1.79. The van der Waals surface area contributed by atoms with E-state index in [-0.39, 0.29) is 23.6 Å². The van der Waals surface area contributed by atoms with Gasteiger partial charge in [0, 0.05) is 26.1 Å². The molecule has 0 aliphatic carbocycles. The van der Waals surface area contributed by atoms with Crippen LogP contribution >= 0.6 is 0 Å². The van der Waals surface area contributed by atoms with Gasteiger partial charge < -0.3 is 20.3 Å². The van der Waals surface area contributed by atoms with Crippen LogP contribution in [0.2, 0.25) is 0 Å². The van der Waals surface area contributed by atoms with E-state index in [1.807, 2.05) is 30.3 Å². The maximum atomic E-state index is 12.7. The summed E-state index contributed by atoms with van der Waals surface area (Å²) in [4.78, 5) is 34.9. The van der Waals surface area contributed by atoms with Crippen LogP contribution < -0.4 is 10.0 Å². The number of carbonyl (C=O) groups is 3. The Hall–Kier alpha value is -3.53. The number of alkyl halides is 3. The third-order valence-corrected chi connectivity index (χ3v) is 7.33. The Balaban J connectivity index is 0.000000745. The first kappa shape index (κ1) is 33.7. The van der Waals surface area contributed by atoms with Crippen LogP contribution in [0.1, 0.15) is 19.3 Å². The summed E-state index contributed by atoms with van der Waals surface area (Å²) >= 11 is 0. The van der Waals surface area contributed by atoms with Crippen molar-refractivity contribution in [2.75, 3.05) is 39.4 Å². The second kappa shape index (κ2) is 16.0. The highest BCUT2D eigenvalue weighted by Crippen LogP contribution is 2.21. The van der Waals surface area contributed by atoms with Crippen LogP contribution in [0.3, 0.4) is 0 Å². The molecule has 1 aliphatic heterocycles. The van der Waals surface area contributed by atoms with Crippen molar-refractivity contribution in [1.82, 2.24) is 14.9 Å². The van der Waals surface area contributed by atoms with E-state index in [2.05, 4.69) is 14.9 Å². The Morgan fingerprint density at radius 3 is 2.05 bits per heavy atom. The summed E-state index contributed by atoms with van der Waals surface area (Å²) < 4.78 is 64.7. The third kappa shape index (κ3) is 12.3. The van der Waals surface area contributed by atoms with Crippen molar-refractivity contribution < 1.29 is 50.9 Å². The van der Waals surface area contributed by atoms with Crippen LogP contribution in [0.25, 0.3) is 11.1 Å². The van der Waals surface area contributed by atoms with Crippen molar-refractivity contribution >= 4 is 27.9 Å². The zero-order valence-electron chi connectivity index (χ0n) is 22.0. The van der Waals surface area contributed by atoms with E-state index >= 15 is 0 Å². The molecule has 0 radical (unpaired) electrons. The fourth-order valence-electron chi connectivity index (χ4n) is 3.66. The van der Waals surface area contributed by atoms with Crippen molar-refractivity contribution in [3.8, 4) is 11.1 Å². The van der Waals surface area contributed by atoms with E-state index in [0.29, 0.717) is 6.54 Å². The molecule has 0 bridgehead atoms. The number of carboxylic acid groups (broad SMARTS) is 2. The molecule has 0 aromatic heterocycles. The second-order valence-electron chi connectivity index (χ2n) is 8.90. The Morgan fingerprint density at radius 2 is 1.51 bits per heavy atom. The quantitative estimate of drug-likeness (QED) is 0.267. The lowest BCUT2D eigenvalue weighted by atomic mass is 10.1. The highest BCUT2D eigenvalue weighted by Gasteiger charge is 2.38. The largest absolute Gasteiger partial charge is 0.490 e. The number of hydrogen-bond acceptors (Lipinski definition) is 7. The standard InChI is InChI=1S/C24H31N3O6S.C2HF3O2/c28-23(25-13-4-14-27-15-17-33-18-16-27)12-11-22(24(29)30)26-34(31,32)21-9-7-20(8-10-21)19-5-2-1-3-6-19;3-2(4,5)1(6)7/h1-3,5-10,22,26H,4,11-18H2,(H,25,28)(H,29,30);(H,6,7). The van der Waals surface area contributed by atoms with Crippen molar-refractivity contribution in [1.29, 1.82) is 0 Å². The lowest BCUT2D eigenvalue weighted by Crippen LogP contribution is -2.41. The van der Waals surface area contributed by atoms with E-state index in [1.54, 1.807) is 12.1 Å². The van der Waals surface area contributed by atoms with Crippen molar-refractivity contribution in [3.63, 3.8) is 0 Å². The predicted octanol–water partition coefficient (Wildman–Crippen LogP) is 2.34. The van der Waals surface area contributed by atoms with E-state index in [0.717, 1.165) is 50.4 Å². The SMILES string of the molecule is O=C(CCC(NS(=O)(=O)c1ccc(-c2ccccc2)cc1)C(=O)O)NCCCN1CCOCC1.O=C(O)C(F)(F)F. The molecule has 226 valence electrons. The highest BCUT2D eigenvalue weighted by molar-refractivity contribution is 7.89. The predicted molar refractivity (Wildman–Crippen MR) is 141 cm³/mol. The number of aliphatic carboxylic acids is 2. The average molecular weight is 604 g/mol. The number of carboxylic acids is 2. The van der Waals surface area contributed by atoms with Gasteiger partial charge in [0.1, 0.15) is 6.04 Å². The monoisotopic (exact) mass is 603 g/mol. The number of nitrogens with one attached hydrogen (secondary N) is 2. The van der Waals surface area contributed by atoms with Crippen molar-refractivity contribution in [2.45, 2.75) is 36.4 Å². The number of sulfonamides is 1. The zero-order chi connectivity index (χ0) is 30.5. The molecule has 4 N–H and O–H groups in total. The Morgan fingerprint density at radius 1 is 0.951 bits per heavy atom. The van der Waals surface area contributed by atoms with Gasteiger partial charge in [0.05, 0.1) is 18.1 Å². The molecule has 2 aromatic carbocycles. The minimum Gasteiger partial charge on any atom is -0.480 e. The van der Waals surface area contributed by atoms with Gasteiger partial charge >= 0.3 is 18.1 Å². The maximum absolute atomic E-state index is 12.7. The number of halogens is 3. The molecule has 1 atom stereocenters. The number of ether oxygens (including phenoxy) is 1. The number of carbonyl (C=O) groups excluding carboxylic acids is 1. The first-order valence-electron chi connectivity index (χ1n) is 12.6. The number of hydrogen-bond donors (Lipinski definition) is 4. The molecule has 1 saturated heterocycles. The normalized spacial score (nSPS) is 14.8. The number of morpholine rings is 1. The van der Waals surface area contributed by atoms with Gasteiger partial charge in [0.15, 0.2) is 0 Å². The van der Waals surface area contributed by atoms with E-state index in [9.17, 15) is 36.3 Å². The summed E-state index contributed by atoms with van der Waals surface area (Å²) in [5, 5.41) is 19.4. The minimum atomic E-state index is -5.08. The van der Waals surface area contributed by atoms with Gasteiger partial charge in [-0.1, -0.05) is 42.5 Å². The average Bonchev–Trinajstić information content (AvgIpc) is 2.94. The topological polar surface area (TPSA) is 162 Å². The molecule has 1 amide bonds. The van der Waals surface area contributed by atoms with Crippen molar-refractivity contribution in [2.24, 2.45) is 0 Å². The van der Waals surface area contributed by atoms with E-state index < -0.39 is 34.2 Å². The van der Waals surface area contributed by atoms with Crippen LogP contribution in [0.15, 0.2) is 59.5 Å². The van der Waals surface area contributed by atoms with Gasteiger partial charge in [-0.05, 0) is 42.6 Å². The Bertz CT molecular complexity index is 1240. The van der Waals surface area contributed by atoms with Gasteiger partial charge in [-0.15, -0.1) is 0 Å². The van der Waals surface area contributed by atoms with Gasteiger partial charge in [-0.25, -0.2) is 13.2 Å². The van der Waals surface area contributed by atoms with Gasteiger partial charge in [-0.2, -0.15) is 17.9 Å². The van der Waals surface area contributed by atoms with Crippen LogP contribution in [0.5, 0.6) is 0 Å². The van der Waals surface area contributed by atoms with Gasteiger partial charge in [-0.3, -0.25) is 14.5 Å². The zero-order valence-corrected chi connectivity index (χ0v) is 22.8. The number of amides is 1. The maximum Gasteiger partial charge on any atom is 0.490 e. The first-order chi connectivity index (χ1) is 19.3. The molecular formula is C26H32F3N3O8S. The van der Waals surface area contributed by atoms with Crippen LogP contribution in [-0.2, 0) is 29.1 Å². The number of benzene rings is 2. The van der Waals surface area contributed by atoms with E-state index in [1.165, 1.54) is 12.1 Å². The summed E-state index contributed by atoms with van der Waals surface area (Å²) in [7, 11) is -4.06. The first-order valence-corrected chi connectivity index (χ1v) is 14.1. The molecule has 1 unspecified atom stereocenters.